The van der Waals surface area contributed by atoms with Crippen molar-refractivity contribution < 1.29 is 9.21 Å². The third-order valence-electron chi connectivity index (χ3n) is 4.70. The first-order chi connectivity index (χ1) is 14.3. The van der Waals surface area contributed by atoms with Gasteiger partial charge in [-0.25, -0.2) is 5.43 Å². The summed E-state index contributed by atoms with van der Waals surface area (Å²) in [5.74, 6) is -0.224. The molecule has 0 unspecified atom stereocenters. The van der Waals surface area contributed by atoms with Gasteiger partial charge in [0, 0.05) is 32.5 Å². The summed E-state index contributed by atoms with van der Waals surface area (Å²) in [4.78, 5) is 12.4. The molecule has 0 saturated carbocycles. The highest BCUT2D eigenvalue weighted by molar-refractivity contribution is 9.10. The third-order valence-corrected chi connectivity index (χ3v) is 5.94. The number of hydrogen-bond donors (Lipinski definition) is 1. The van der Waals surface area contributed by atoms with E-state index in [-0.39, 0.29) is 5.76 Å². The summed E-state index contributed by atoms with van der Waals surface area (Å²) < 4.78 is 8.54. The molecule has 0 spiro atoms. The Hall–Kier alpha value is -2.54. The van der Waals surface area contributed by atoms with E-state index in [4.69, 9.17) is 27.6 Å². The predicted molar refractivity (Wildman–Crippen MR) is 124 cm³/mol. The lowest BCUT2D eigenvalue weighted by atomic mass is 10.2. The number of carbonyl (C=O) groups excluding carboxylic acids is 1. The molecule has 0 aliphatic heterocycles. The Kier molecular flexibility index (Phi) is 5.73. The van der Waals surface area contributed by atoms with Gasteiger partial charge in [-0.3, -0.25) is 4.79 Å². The second-order valence-corrected chi connectivity index (χ2v) is 8.48. The van der Waals surface area contributed by atoms with E-state index < -0.39 is 5.91 Å². The number of nitrogens with one attached hydrogen (secondary N) is 1. The summed E-state index contributed by atoms with van der Waals surface area (Å²) in [6, 6.07) is 14.7. The number of halogens is 3. The first kappa shape index (κ1) is 20.7. The SMILES string of the molecule is Cc1cc(/C=N\NC(=O)c2cc3cc(Br)ccc3o2)c(C)n1-c1ccc(Cl)c(Cl)c1. The summed E-state index contributed by atoms with van der Waals surface area (Å²) in [5, 5.41) is 5.92. The number of fused-ring (bicyclic) bond motifs is 1. The lowest BCUT2D eigenvalue weighted by Gasteiger charge is -2.10. The number of amides is 1. The van der Waals surface area contributed by atoms with E-state index in [9.17, 15) is 4.79 Å². The first-order valence-corrected chi connectivity index (χ1v) is 10.6. The van der Waals surface area contributed by atoms with E-state index in [2.05, 4.69) is 26.5 Å². The molecule has 30 heavy (non-hydrogen) atoms. The van der Waals surface area contributed by atoms with Crippen molar-refractivity contribution in [1.82, 2.24) is 9.99 Å². The van der Waals surface area contributed by atoms with Gasteiger partial charge in [-0.2, -0.15) is 5.10 Å². The highest BCUT2D eigenvalue weighted by atomic mass is 79.9. The van der Waals surface area contributed by atoms with Crippen LogP contribution in [0.15, 0.2) is 62.5 Å². The van der Waals surface area contributed by atoms with Crippen LogP contribution in [0.5, 0.6) is 0 Å². The van der Waals surface area contributed by atoms with Crippen molar-refractivity contribution in [2.75, 3.05) is 0 Å². The molecule has 0 fully saturated rings. The zero-order valence-electron chi connectivity index (χ0n) is 16.0. The molecule has 0 bridgehead atoms. The fourth-order valence-electron chi connectivity index (χ4n) is 3.28. The van der Waals surface area contributed by atoms with Gasteiger partial charge in [0.15, 0.2) is 5.76 Å². The van der Waals surface area contributed by atoms with Crippen LogP contribution < -0.4 is 5.43 Å². The standard InChI is InChI=1S/C22H16BrCl2N3O2/c1-12-7-15(13(2)28(12)17-4-5-18(24)19(25)10-17)11-26-27-22(29)21-9-14-8-16(23)3-6-20(14)30-21/h3-11H,1-2H3,(H,27,29)/b26-11-. The molecule has 152 valence electrons. The number of nitrogens with zero attached hydrogens (tertiary/aromatic N) is 2. The van der Waals surface area contributed by atoms with E-state index >= 15 is 0 Å². The number of carbonyl (C=O) groups is 1. The molecule has 0 aliphatic rings. The summed E-state index contributed by atoms with van der Waals surface area (Å²) in [7, 11) is 0. The van der Waals surface area contributed by atoms with E-state index in [1.54, 1.807) is 24.4 Å². The predicted octanol–water partition coefficient (Wildman–Crippen LogP) is 6.67. The first-order valence-electron chi connectivity index (χ1n) is 9.00. The second-order valence-electron chi connectivity index (χ2n) is 6.75. The molecule has 5 nitrogen and oxygen atoms in total. The van der Waals surface area contributed by atoms with Gasteiger partial charge in [-0.15, -0.1) is 0 Å². The number of aryl methyl sites for hydroxylation is 1. The second kappa shape index (κ2) is 8.30. The van der Waals surface area contributed by atoms with Crippen LogP contribution in [0.2, 0.25) is 10.0 Å². The number of rotatable bonds is 4. The molecule has 2 aromatic carbocycles. The fourth-order valence-corrected chi connectivity index (χ4v) is 3.95. The zero-order chi connectivity index (χ0) is 21.4. The quantitative estimate of drug-likeness (QED) is 0.249. The van der Waals surface area contributed by atoms with Gasteiger partial charge >= 0.3 is 5.91 Å². The minimum atomic E-state index is -0.420. The van der Waals surface area contributed by atoms with Crippen LogP contribution in [0, 0.1) is 13.8 Å². The summed E-state index contributed by atoms with van der Waals surface area (Å²) in [6.07, 6.45) is 1.60. The van der Waals surface area contributed by atoms with Gasteiger partial charge in [0.25, 0.3) is 0 Å². The molecule has 4 aromatic rings. The van der Waals surface area contributed by atoms with Crippen LogP contribution in [-0.2, 0) is 0 Å². The highest BCUT2D eigenvalue weighted by Crippen LogP contribution is 2.27. The number of aromatic nitrogens is 1. The van der Waals surface area contributed by atoms with Crippen LogP contribution in [0.4, 0.5) is 0 Å². The maximum Gasteiger partial charge on any atom is 0.307 e. The fraction of sp³-hybridized carbons (Fsp3) is 0.0909. The Bertz CT molecular complexity index is 1310. The summed E-state index contributed by atoms with van der Waals surface area (Å²) in [6.45, 7) is 3.95. The van der Waals surface area contributed by atoms with E-state index in [1.807, 2.05) is 48.7 Å². The molecule has 0 radical (unpaired) electrons. The molecule has 0 saturated heterocycles. The van der Waals surface area contributed by atoms with Crippen molar-refractivity contribution in [2.24, 2.45) is 5.10 Å². The topological polar surface area (TPSA) is 59.5 Å². The Morgan fingerprint density at radius 2 is 1.90 bits per heavy atom. The molecular formula is C22H16BrCl2N3O2. The Morgan fingerprint density at radius 3 is 2.67 bits per heavy atom. The van der Waals surface area contributed by atoms with E-state index in [1.165, 1.54) is 0 Å². The minimum Gasteiger partial charge on any atom is -0.451 e. The van der Waals surface area contributed by atoms with E-state index in [0.717, 1.165) is 32.5 Å². The Balaban J connectivity index is 1.53. The average Bonchev–Trinajstić information content (AvgIpc) is 3.24. The maximum atomic E-state index is 12.4. The smallest absolute Gasteiger partial charge is 0.307 e. The van der Waals surface area contributed by atoms with Gasteiger partial charge < -0.3 is 8.98 Å². The van der Waals surface area contributed by atoms with Crippen molar-refractivity contribution in [3.05, 3.63) is 85.8 Å². The van der Waals surface area contributed by atoms with Gasteiger partial charge in [0.2, 0.25) is 0 Å². The van der Waals surface area contributed by atoms with Crippen LogP contribution >= 0.6 is 39.1 Å². The van der Waals surface area contributed by atoms with Crippen molar-refractivity contribution in [2.45, 2.75) is 13.8 Å². The van der Waals surface area contributed by atoms with Gasteiger partial charge in [0.05, 0.1) is 16.3 Å². The summed E-state index contributed by atoms with van der Waals surface area (Å²) >= 11 is 15.6. The molecule has 2 aromatic heterocycles. The van der Waals surface area contributed by atoms with Gasteiger partial charge in [-0.1, -0.05) is 39.1 Å². The number of hydrogen-bond acceptors (Lipinski definition) is 3. The summed E-state index contributed by atoms with van der Waals surface area (Å²) in [5.41, 5.74) is 6.87. The molecule has 0 aliphatic carbocycles. The molecule has 1 amide bonds. The number of hydrazone groups is 1. The van der Waals surface area contributed by atoms with Crippen LogP contribution in [0.1, 0.15) is 27.5 Å². The largest absolute Gasteiger partial charge is 0.451 e. The van der Waals surface area contributed by atoms with Crippen molar-refractivity contribution in [3.63, 3.8) is 0 Å². The number of furan rings is 1. The normalized spacial score (nSPS) is 11.5. The van der Waals surface area contributed by atoms with E-state index in [0.29, 0.717) is 15.6 Å². The maximum absolute atomic E-state index is 12.4. The highest BCUT2D eigenvalue weighted by Gasteiger charge is 2.13. The Morgan fingerprint density at radius 1 is 1.10 bits per heavy atom. The van der Waals surface area contributed by atoms with Crippen LogP contribution in [-0.4, -0.2) is 16.7 Å². The zero-order valence-corrected chi connectivity index (χ0v) is 19.1. The molecule has 0 atom stereocenters. The monoisotopic (exact) mass is 503 g/mol. The minimum absolute atomic E-state index is 0.196. The van der Waals surface area contributed by atoms with Gasteiger partial charge in [-0.05, 0) is 62.4 Å². The average molecular weight is 505 g/mol. The molecule has 8 heteroatoms. The number of benzene rings is 2. The van der Waals surface area contributed by atoms with Crippen LogP contribution in [0.25, 0.3) is 16.7 Å². The molecule has 4 rings (SSSR count). The van der Waals surface area contributed by atoms with Crippen LogP contribution in [0.3, 0.4) is 0 Å². The van der Waals surface area contributed by atoms with Crippen molar-refractivity contribution >= 4 is 62.2 Å². The van der Waals surface area contributed by atoms with Crippen molar-refractivity contribution in [3.8, 4) is 5.69 Å². The molecular weight excluding hydrogens is 489 g/mol. The molecule has 2 heterocycles. The Labute approximate surface area is 191 Å². The lowest BCUT2D eigenvalue weighted by Crippen LogP contribution is -2.16. The van der Waals surface area contributed by atoms with Crippen molar-refractivity contribution in [1.29, 1.82) is 0 Å². The lowest BCUT2D eigenvalue weighted by molar-refractivity contribution is 0.0929. The van der Waals surface area contributed by atoms with Gasteiger partial charge in [0.1, 0.15) is 5.58 Å². The molecule has 1 N–H and O–H groups in total. The third kappa shape index (κ3) is 4.03.